The molecular weight excluding hydrogens is 270 g/mol. The number of carbonyl (C=O) groups excluding carboxylic acids is 1. The van der Waals surface area contributed by atoms with Gasteiger partial charge in [-0.05, 0) is 30.5 Å². The zero-order chi connectivity index (χ0) is 14.4. The third-order valence-corrected chi connectivity index (χ3v) is 4.63. The maximum Gasteiger partial charge on any atom is 0.207 e. The summed E-state index contributed by atoms with van der Waals surface area (Å²) in [6.07, 6.45) is 6.92. The molecule has 0 aliphatic heterocycles. The highest BCUT2D eigenvalue weighted by atomic mass is 32.1. The molecule has 0 aromatic heterocycles. The number of methoxy groups -OCH3 is 1. The number of rotatable bonds is 6. The molecule has 0 spiro atoms. The number of ether oxygens (including phenoxy) is 1. The maximum absolute atomic E-state index is 10.9. The van der Waals surface area contributed by atoms with Crippen LogP contribution in [0.5, 0.6) is 5.75 Å². The van der Waals surface area contributed by atoms with Gasteiger partial charge in [0, 0.05) is 11.3 Å². The van der Waals surface area contributed by atoms with Gasteiger partial charge in [-0.2, -0.15) is 0 Å². The van der Waals surface area contributed by atoms with E-state index in [-0.39, 0.29) is 5.54 Å². The van der Waals surface area contributed by atoms with Crippen molar-refractivity contribution in [3.05, 3.63) is 29.8 Å². The first-order valence-corrected chi connectivity index (χ1v) is 7.48. The van der Waals surface area contributed by atoms with Gasteiger partial charge in [0.25, 0.3) is 0 Å². The van der Waals surface area contributed by atoms with Crippen LogP contribution in [0.1, 0.15) is 37.7 Å². The highest BCUT2D eigenvalue weighted by Gasteiger charge is 2.35. The first kappa shape index (κ1) is 15.0. The lowest BCUT2D eigenvalue weighted by Gasteiger charge is -2.37. The predicted molar refractivity (Wildman–Crippen MR) is 84.3 cm³/mol. The van der Waals surface area contributed by atoms with Gasteiger partial charge in [0.15, 0.2) is 0 Å². The number of benzene rings is 1. The van der Waals surface area contributed by atoms with E-state index < -0.39 is 0 Å². The normalized spacial score (nSPS) is 17.2. The smallest absolute Gasteiger partial charge is 0.207 e. The Bertz CT molecular complexity index is 464. The van der Waals surface area contributed by atoms with Gasteiger partial charge in [0.1, 0.15) is 5.75 Å². The average Bonchev–Trinajstić information content (AvgIpc) is 2.49. The summed E-state index contributed by atoms with van der Waals surface area (Å²) < 4.78 is 5.16. The summed E-state index contributed by atoms with van der Waals surface area (Å²) in [5, 5.41) is 2.99. The summed E-state index contributed by atoms with van der Waals surface area (Å²) in [6, 6.07) is 7.95. The Kier molecular flexibility index (Phi) is 5.12. The van der Waals surface area contributed by atoms with Gasteiger partial charge in [-0.25, -0.2) is 0 Å². The van der Waals surface area contributed by atoms with Gasteiger partial charge in [-0.1, -0.05) is 43.6 Å². The minimum absolute atomic E-state index is 0.282. The summed E-state index contributed by atoms with van der Waals surface area (Å²) in [5.74, 6) is 0.845. The monoisotopic (exact) mass is 291 g/mol. The largest absolute Gasteiger partial charge is 0.497 e. The van der Waals surface area contributed by atoms with Crippen LogP contribution in [0, 0.1) is 0 Å². The number of carbonyl (C=O) groups is 1. The van der Waals surface area contributed by atoms with E-state index in [1.807, 2.05) is 24.3 Å². The first-order valence-electron chi connectivity index (χ1n) is 7.08. The van der Waals surface area contributed by atoms with E-state index in [2.05, 4.69) is 5.32 Å². The Morgan fingerprint density at radius 2 is 1.95 bits per heavy atom. The summed E-state index contributed by atoms with van der Waals surface area (Å²) in [4.78, 5) is 11.9. The molecule has 1 fully saturated rings. The fourth-order valence-electron chi connectivity index (χ4n) is 2.87. The number of hydrogen-bond donors (Lipinski definition) is 1. The van der Waals surface area contributed by atoms with Crippen molar-refractivity contribution >= 4 is 23.5 Å². The average molecular weight is 291 g/mol. The molecule has 3 nitrogen and oxygen atoms in total. The van der Waals surface area contributed by atoms with Crippen molar-refractivity contribution in [2.75, 3.05) is 7.11 Å². The topological polar surface area (TPSA) is 38.3 Å². The standard InChI is InChI=1S/C16H21NO2S/c1-19-14-7-5-13(6-8-14)11-15(20)16(17-12-18)9-3-2-4-10-16/h5-8,12H,2-4,9-11H2,1H3,(H,17,18). The Morgan fingerprint density at radius 1 is 1.30 bits per heavy atom. The Morgan fingerprint density at radius 3 is 2.50 bits per heavy atom. The molecule has 0 atom stereocenters. The molecule has 1 aromatic carbocycles. The van der Waals surface area contributed by atoms with E-state index in [0.29, 0.717) is 0 Å². The fourth-order valence-corrected chi connectivity index (χ4v) is 3.30. The Balaban J connectivity index is 2.09. The van der Waals surface area contributed by atoms with Gasteiger partial charge >= 0.3 is 0 Å². The third kappa shape index (κ3) is 3.37. The second-order valence-corrected chi connectivity index (χ2v) is 5.85. The van der Waals surface area contributed by atoms with Crippen LogP contribution in [0.15, 0.2) is 24.3 Å². The molecule has 1 N–H and O–H groups in total. The van der Waals surface area contributed by atoms with Gasteiger partial charge in [-0.15, -0.1) is 0 Å². The van der Waals surface area contributed by atoms with E-state index in [4.69, 9.17) is 17.0 Å². The lowest BCUT2D eigenvalue weighted by Crippen LogP contribution is -2.52. The van der Waals surface area contributed by atoms with Crippen molar-refractivity contribution < 1.29 is 9.53 Å². The van der Waals surface area contributed by atoms with E-state index in [1.165, 1.54) is 6.42 Å². The van der Waals surface area contributed by atoms with E-state index in [0.717, 1.165) is 54.7 Å². The fraction of sp³-hybridized carbons (Fsp3) is 0.500. The Labute approximate surface area is 125 Å². The molecule has 20 heavy (non-hydrogen) atoms. The van der Waals surface area contributed by atoms with E-state index >= 15 is 0 Å². The molecular formula is C16H21NO2S. The molecule has 1 aliphatic carbocycles. The summed E-state index contributed by atoms with van der Waals surface area (Å²) >= 11 is 5.64. The van der Waals surface area contributed by atoms with Crippen LogP contribution < -0.4 is 10.1 Å². The van der Waals surface area contributed by atoms with Gasteiger partial charge in [0.05, 0.1) is 12.6 Å². The van der Waals surface area contributed by atoms with Crippen molar-refractivity contribution in [3.63, 3.8) is 0 Å². The zero-order valence-electron chi connectivity index (χ0n) is 11.9. The minimum atomic E-state index is -0.282. The SMILES string of the molecule is COc1ccc(CC(=S)C2(NC=O)CCCCC2)cc1. The molecule has 1 saturated carbocycles. The second kappa shape index (κ2) is 6.84. The molecule has 1 aromatic rings. The van der Waals surface area contributed by atoms with Crippen molar-refractivity contribution in [3.8, 4) is 5.75 Å². The summed E-state index contributed by atoms with van der Waals surface area (Å²) in [6.45, 7) is 0. The van der Waals surface area contributed by atoms with Crippen molar-refractivity contribution in [2.24, 2.45) is 0 Å². The predicted octanol–water partition coefficient (Wildman–Crippen LogP) is 3.06. The molecule has 0 heterocycles. The molecule has 0 radical (unpaired) electrons. The highest BCUT2D eigenvalue weighted by Crippen LogP contribution is 2.30. The van der Waals surface area contributed by atoms with Crippen molar-refractivity contribution in [2.45, 2.75) is 44.1 Å². The Hall–Kier alpha value is -1.42. The summed E-state index contributed by atoms with van der Waals surface area (Å²) in [5.41, 5.74) is 0.878. The molecule has 0 saturated heterocycles. The molecule has 1 amide bonds. The number of amides is 1. The molecule has 4 heteroatoms. The molecule has 108 valence electrons. The van der Waals surface area contributed by atoms with Crippen LogP contribution >= 0.6 is 12.2 Å². The van der Waals surface area contributed by atoms with Crippen LogP contribution in [-0.2, 0) is 11.2 Å². The van der Waals surface area contributed by atoms with Crippen LogP contribution in [0.3, 0.4) is 0 Å². The van der Waals surface area contributed by atoms with Crippen LogP contribution in [0.25, 0.3) is 0 Å². The van der Waals surface area contributed by atoms with Gasteiger partial charge in [-0.3, -0.25) is 4.79 Å². The maximum atomic E-state index is 10.9. The quantitative estimate of drug-likeness (QED) is 0.646. The molecule has 0 bridgehead atoms. The molecule has 2 rings (SSSR count). The summed E-state index contributed by atoms with van der Waals surface area (Å²) in [7, 11) is 1.66. The third-order valence-electron chi connectivity index (χ3n) is 4.10. The van der Waals surface area contributed by atoms with Gasteiger partial charge in [0.2, 0.25) is 6.41 Å². The van der Waals surface area contributed by atoms with E-state index in [9.17, 15) is 4.79 Å². The zero-order valence-corrected chi connectivity index (χ0v) is 12.7. The van der Waals surface area contributed by atoms with Gasteiger partial charge < -0.3 is 10.1 Å². The minimum Gasteiger partial charge on any atom is -0.497 e. The van der Waals surface area contributed by atoms with E-state index in [1.54, 1.807) is 7.11 Å². The lowest BCUT2D eigenvalue weighted by atomic mass is 9.77. The number of hydrogen-bond acceptors (Lipinski definition) is 3. The van der Waals surface area contributed by atoms with Crippen LogP contribution in [0.2, 0.25) is 0 Å². The first-order chi connectivity index (χ1) is 9.70. The van der Waals surface area contributed by atoms with Crippen molar-refractivity contribution in [1.82, 2.24) is 5.32 Å². The number of thiocarbonyl (C=S) groups is 1. The molecule has 0 unspecified atom stereocenters. The number of nitrogens with one attached hydrogen (secondary N) is 1. The lowest BCUT2D eigenvalue weighted by molar-refractivity contribution is -0.110. The molecule has 1 aliphatic rings. The van der Waals surface area contributed by atoms with Crippen LogP contribution in [0.4, 0.5) is 0 Å². The highest BCUT2D eigenvalue weighted by molar-refractivity contribution is 7.80. The van der Waals surface area contributed by atoms with Crippen LogP contribution in [-0.4, -0.2) is 23.9 Å². The van der Waals surface area contributed by atoms with Crippen molar-refractivity contribution in [1.29, 1.82) is 0 Å². The second-order valence-electron chi connectivity index (χ2n) is 5.35.